The summed E-state index contributed by atoms with van der Waals surface area (Å²) in [4.78, 5) is 36.1. The molecule has 0 aliphatic heterocycles. The van der Waals surface area contributed by atoms with E-state index in [0.29, 0.717) is 18.3 Å². The fraction of sp³-hybridized carbons (Fsp3) is 0.679. The number of aliphatic hydroxyl groups is 1. The summed E-state index contributed by atoms with van der Waals surface area (Å²) < 4.78 is 0. The Morgan fingerprint density at radius 1 is 1.21 bits per heavy atom. The number of nitrogens with one attached hydrogen (secondary N) is 2. The molecule has 6 nitrogen and oxygen atoms in total. The first-order valence-corrected chi connectivity index (χ1v) is 12.9. The van der Waals surface area contributed by atoms with Crippen molar-refractivity contribution in [3.63, 3.8) is 0 Å². The van der Waals surface area contributed by atoms with Gasteiger partial charge in [-0.25, -0.2) is 0 Å². The van der Waals surface area contributed by atoms with Crippen LogP contribution in [0.5, 0.6) is 0 Å². The van der Waals surface area contributed by atoms with Gasteiger partial charge < -0.3 is 15.7 Å². The molecular formula is C28H42N2O4. The van der Waals surface area contributed by atoms with Crippen LogP contribution in [0.15, 0.2) is 35.5 Å². The number of carbonyl (C=O) groups excluding carboxylic acids is 3. The summed E-state index contributed by atoms with van der Waals surface area (Å²) in [6, 6.07) is 0. The van der Waals surface area contributed by atoms with Crippen LogP contribution >= 0.6 is 0 Å². The average Bonchev–Trinajstić information content (AvgIpc) is 3.16. The molecule has 3 aliphatic carbocycles. The van der Waals surface area contributed by atoms with Gasteiger partial charge in [-0.2, -0.15) is 0 Å². The van der Waals surface area contributed by atoms with Gasteiger partial charge >= 0.3 is 0 Å². The molecule has 0 radical (unpaired) electrons. The van der Waals surface area contributed by atoms with Crippen molar-refractivity contribution in [1.82, 2.24) is 10.6 Å². The SMILES string of the molecule is C=C1CC[C@H](O)C/C1=C/C=C1\CCC[C@@]2(C)C1CC[C@@H]2C(C)C(=O)NCCC(=O)CC(=O)NC. The lowest BCUT2D eigenvalue weighted by molar-refractivity contribution is -0.128. The van der Waals surface area contributed by atoms with Crippen molar-refractivity contribution < 1.29 is 19.5 Å². The number of amides is 2. The Morgan fingerprint density at radius 2 is 1.97 bits per heavy atom. The van der Waals surface area contributed by atoms with Crippen LogP contribution < -0.4 is 10.6 Å². The first-order chi connectivity index (χ1) is 16.2. The number of ketones is 1. The third-order valence-corrected chi connectivity index (χ3v) is 8.58. The Balaban J connectivity index is 1.61. The van der Waals surface area contributed by atoms with Gasteiger partial charge in [-0.1, -0.05) is 43.7 Å². The van der Waals surface area contributed by atoms with Crippen LogP contribution in [0.1, 0.15) is 78.1 Å². The molecule has 3 aliphatic rings. The number of rotatable bonds is 8. The lowest BCUT2D eigenvalue weighted by Gasteiger charge is -2.44. The monoisotopic (exact) mass is 470 g/mol. The lowest BCUT2D eigenvalue weighted by atomic mass is 9.61. The number of aliphatic hydroxyl groups excluding tert-OH is 1. The quantitative estimate of drug-likeness (QED) is 0.467. The summed E-state index contributed by atoms with van der Waals surface area (Å²) >= 11 is 0. The minimum absolute atomic E-state index is 0.00494. The van der Waals surface area contributed by atoms with Crippen molar-refractivity contribution in [1.29, 1.82) is 0 Å². The van der Waals surface area contributed by atoms with Crippen LogP contribution in [0, 0.1) is 23.2 Å². The second kappa shape index (κ2) is 11.5. The maximum absolute atomic E-state index is 12.9. The Kier molecular flexibility index (Phi) is 8.91. The van der Waals surface area contributed by atoms with Crippen molar-refractivity contribution in [3.8, 4) is 0 Å². The number of fused-ring (bicyclic) bond motifs is 1. The van der Waals surface area contributed by atoms with Gasteiger partial charge in [0, 0.05) is 25.9 Å². The van der Waals surface area contributed by atoms with Crippen LogP contribution in [0.25, 0.3) is 0 Å². The third kappa shape index (κ3) is 6.07. The van der Waals surface area contributed by atoms with E-state index in [0.717, 1.165) is 50.5 Å². The summed E-state index contributed by atoms with van der Waals surface area (Å²) in [7, 11) is 1.51. The van der Waals surface area contributed by atoms with Gasteiger partial charge in [-0.15, -0.1) is 0 Å². The van der Waals surface area contributed by atoms with E-state index in [1.807, 2.05) is 6.92 Å². The van der Waals surface area contributed by atoms with E-state index in [2.05, 4.69) is 36.3 Å². The molecule has 0 saturated heterocycles. The number of hydrogen-bond acceptors (Lipinski definition) is 4. The number of Topliss-reactive ketones (excluding diaryl/α,β-unsaturated/α-hetero) is 1. The summed E-state index contributed by atoms with van der Waals surface area (Å²) in [5, 5.41) is 15.4. The van der Waals surface area contributed by atoms with Gasteiger partial charge in [0.05, 0.1) is 12.5 Å². The van der Waals surface area contributed by atoms with Gasteiger partial charge in [0.2, 0.25) is 11.8 Å². The highest BCUT2D eigenvalue weighted by Crippen LogP contribution is 2.59. The summed E-state index contributed by atoms with van der Waals surface area (Å²) in [5.41, 5.74) is 3.89. The molecule has 188 valence electrons. The maximum atomic E-state index is 12.9. The molecule has 3 saturated carbocycles. The second-order valence-electron chi connectivity index (χ2n) is 10.7. The second-order valence-corrected chi connectivity index (χ2v) is 10.7. The van der Waals surface area contributed by atoms with Gasteiger partial charge in [0.15, 0.2) is 0 Å². The Bertz CT molecular complexity index is 874. The molecule has 6 heteroatoms. The Labute approximate surface area is 204 Å². The maximum Gasteiger partial charge on any atom is 0.227 e. The van der Waals surface area contributed by atoms with Gasteiger partial charge in [0.25, 0.3) is 0 Å². The molecule has 34 heavy (non-hydrogen) atoms. The molecule has 2 unspecified atom stereocenters. The van der Waals surface area contributed by atoms with E-state index in [1.165, 1.54) is 18.2 Å². The standard InChI is InChI=1S/C28H42N2O4/c1-18-7-10-22(31)16-21(18)9-8-20-6-5-14-28(3)24(11-12-25(20)28)19(2)27(34)30-15-13-23(32)17-26(33)29-4/h8-9,19,22,24-25,31H,1,5-7,10-17H2,2-4H3,(H,29,33)(H,30,34)/b20-8+,21-9-/t19?,22-,24+,25?,28+/m0/s1. The number of carbonyl (C=O) groups is 3. The summed E-state index contributed by atoms with van der Waals surface area (Å²) in [5.74, 6) is 0.219. The van der Waals surface area contributed by atoms with Crippen LogP contribution in [0.3, 0.4) is 0 Å². The lowest BCUT2D eigenvalue weighted by Crippen LogP contribution is -2.42. The highest BCUT2D eigenvalue weighted by atomic mass is 16.3. The molecule has 0 aromatic heterocycles. The molecule has 0 spiro atoms. The highest BCUT2D eigenvalue weighted by Gasteiger charge is 2.51. The van der Waals surface area contributed by atoms with Gasteiger partial charge in [0.1, 0.15) is 5.78 Å². The van der Waals surface area contributed by atoms with Crippen LogP contribution in [-0.2, 0) is 14.4 Å². The molecule has 0 aromatic carbocycles. The van der Waals surface area contributed by atoms with E-state index in [9.17, 15) is 19.5 Å². The topological polar surface area (TPSA) is 95.5 Å². The molecule has 2 amide bonds. The third-order valence-electron chi connectivity index (χ3n) is 8.58. The van der Waals surface area contributed by atoms with E-state index in [1.54, 1.807) is 0 Å². The highest BCUT2D eigenvalue weighted by molar-refractivity contribution is 5.98. The Hall–Kier alpha value is -2.21. The molecule has 3 fully saturated rings. The fourth-order valence-electron chi connectivity index (χ4n) is 6.52. The largest absolute Gasteiger partial charge is 0.393 e. The van der Waals surface area contributed by atoms with Crippen LogP contribution in [-0.4, -0.2) is 42.4 Å². The molecular weight excluding hydrogens is 428 g/mol. The van der Waals surface area contributed by atoms with Crippen molar-refractivity contribution in [2.75, 3.05) is 13.6 Å². The van der Waals surface area contributed by atoms with Crippen molar-refractivity contribution in [2.24, 2.45) is 23.2 Å². The smallest absolute Gasteiger partial charge is 0.227 e. The molecule has 0 aromatic rings. The molecule has 5 atom stereocenters. The zero-order valence-electron chi connectivity index (χ0n) is 21.1. The minimum Gasteiger partial charge on any atom is -0.393 e. The van der Waals surface area contributed by atoms with E-state index in [-0.39, 0.29) is 54.4 Å². The van der Waals surface area contributed by atoms with Crippen molar-refractivity contribution in [2.45, 2.75) is 84.2 Å². The first kappa shape index (κ1) is 26.4. The molecule has 3 N–H and O–H groups in total. The first-order valence-electron chi connectivity index (χ1n) is 12.9. The molecule has 0 bridgehead atoms. The minimum atomic E-state index is -0.296. The predicted octanol–water partition coefficient (Wildman–Crippen LogP) is 4.00. The summed E-state index contributed by atoms with van der Waals surface area (Å²) in [6.07, 6.45) is 12.1. The van der Waals surface area contributed by atoms with Crippen LogP contribution in [0.4, 0.5) is 0 Å². The van der Waals surface area contributed by atoms with Gasteiger partial charge in [-0.05, 0) is 74.2 Å². The Morgan fingerprint density at radius 3 is 2.71 bits per heavy atom. The van der Waals surface area contributed by atoms with Crippen molar-refractivity contribution >= 4 is 17.6 Å². The normalized spacial score (nSPS) is 32.4. The number of allylic oxidation sites excluding steroid dienone is 4. The molecule has 0 heterocycles. The van der Waals surface area contributed by atoms with E-state index in [4.69, 9.17) is 0 Å². The van der Waals surface area contributed by atoms with Crippen molar-refractivity contribution in [3.05, 3.63) is 35.5 Å². The van der Waals surface area contributed by atoms with Gasteiger partial charge in [-0.3, -0.25) is 14.4 Å². The zero-order chi connectivity index (χ0) is 24.9. The predicted molar refractivity (Wildman–Crippen MR) is 134 cm³/mol. The van der Waals surface area contributed by atoms with E-state index >= 15 is 0 Å². The molecule has 3 rings (SSSR count). The summed E-state index contributed by atoms with van der Waals surface area (Å²) in [6.45, 7) is 8.84. The van der Waals surface area contributed by atoms with E-state index < -0.39 is 0 Å². The number of hydrogen-bond donors (Lipinski definition) is 3. The fourth-order valence-corrected chi connectivity index (χ4v) is 6.52. The zero-order valence-corrected chi connectivity index (χ0v) is 21.1. The average molecular weight is 471 g/mol. The van der Waals surface area contributed by atoms with Crippen LogP contribution in [0.2, 0.25) is 0 Å².